The molecule has 1 saturated carbocycles. The SMILES string of the molecule is NC(=O)C1CCC(Nc2ncc3nnn(-c4ccc(-c5cnn(CCn6ncccc6=O)c5)cc4)c3n2)C1. The number of anilines is 1. The lowest BCUT2D eigenvalue weighted by molar-refractivity contribution is -0.121. The summed E-state index contributed by atoms with van der Waals surface area (Å²) in [4.78, 5) is 32.3. The molecule has 0 radical (unpaired) electrons. The third kappa shape index (κ3) is 4.73. The fraction of sp³-hybridized carbons (Fsp3) is 0.280. The van der Waals surface area contributed by atoms with E-state index in [9.17, 15) is 9.59 Å². The van der Waals surface area contributed by atoms with Crippen LogP contribution in [0.3, 0.4) is 0 Å². The van der Waals surface area contributed by atoms with Gasteiger partial charge in [-0.3, -0.25) is 14.3 Å². The third-order valence-corrected chi connectivity index (χ3v) is 6.77. The third-order valence-electron chi connectivity index (χ3n) is 6.77. The number of hydrogen-bond acceptors (Lipinski definition) is 9. The summed E-state index contributed by atoms with van der Waals surface area (Å²) in [7, 11) is 0. The van der Waals surface area contributed by atoms with Crippen LogP contribution in [0.2, 0.25) is 0 Å². The van der Waals surface area contributed by atoms with Crippen molar-refractivity contribution in [3.63, 3.8) is 0 Å². The second kappa shape index (κ2) is 9.84. The largest absolute Gasteiger partial charge is 0.369 e. The molecule has 2 unspecified atom stereocenters. The van der Waals surface area contributed by atoms with Gasteiger partial charge in [0, 0.05) is 36.0 Å². The van der Waals surface area contributed by atoms with E-state index in [-0.39, 0.29) is 23.4 Å². The fourth-order valence-corrected chi connectivity index (χ4v) is 4.71. The average molecular weight is 512 g/mol. The molecule has 1 fully saturated rings. The maximum Gasteiger partial charge on any atom is 0.266 e. The second-order valence-electron chi connectivity index (χ2n) is 9.28. The van der Waals surface area contributed by atoms with Crippen LogP contribution >= 0.6 is 0 Å². The molecule has 1 aliphatic carbocycles. The first-order valence-corrected chi connectivity index (χ1v) is 12.3. The lowest BCUT2D eigenvalue weighted by atomic mass is 10.1. The highest BCUT2D eigenvalue weighted by Crippen LogP contribution is 2.27. The number of fused-ring (bicyclic) bond motifs is 1. The van der Waals surface area contributed by atoms with E-state index in [0.717, 1.165) is 29.7 Å². The number of hydrogen-bond donors (Lipinski definition) is 2. The van der Waals surface area contributed by atoms with E-state index in [4.69, 9.17) is 5.73 Å². The predicted octanol–water partition coefficient (Wildman–Crippen LogP) is 1.40. The first kappa shape index (κ1) is 23.5. The number of benzene rings is 1. The van der Waals surface area contributed by atoms with Gasteiger partial charge in [-0.1, -0.05) is 17.3 Å². The van der Waals surface area contributed by atoms with Crippen LogP contribution in [0.15, 0.2) is 66.0 Å². The van der Waals surface area contributed by atoms with Crippen LogP contribution in [0.5, 0.6) is 0 Å². The first-order chi connectivity index (χ1) is 18.5. The predicted molar refractivity (Wildman–Crippen MR) is 138 cm³/mol. The highest BCUT2D eigenvalue weighted by Gasteiger charge is 2.29. The molecule has 192 valence electrons. The summed E-state index contributed by atoms with van der Waals surface area (Å²) in [5.41, 5.74) is 9.21. The summed E-state index contributed by atoms with van der Waals surface area (Å²) in [6.45, 7) is 0.963. The number of amides is 1. The van der Waals surface area contributed by atoms with Crippen molar-refractivity contribution in [3.8, 4) is 16.8 Å². The zero-order valence-corrected chi connectivity index (χ0v) is 20.4. The monoisotopic (exact) mass is 511 g/mol. The average Bonchev–Trinajstić information content (AvgIpc) is 3.68. The normalized spacial score (nSPS) is 17.2. The van der Waals surface area contributed by atoms with Crippen molar-refractivity contribution >= 4 is 23.0 Å². The van der Waals surface area contributed by atoms with Gasteiger partial charge in [-0.05, 0) is 43.0 Å². The fourth-order valence-electron chi connectivity index (χ4n) is 4.71. The summed E-state index contributed by atoms with van der Waals surface area (Å²) in [6.07, 6.45) is 9.24. The molecule has 2 atom stereocenters. The molecule has 1 aliphatic rings. The first-order valence-electron chi connectivity index (χ1n) is 12.3. The molecule has 13 nitrogen and oxygen atoms in total. The molecule has 5 aromatic rings. The van der Waals surface area contributed by atoms with Gasteiger partial charge in [0.15, 0.2) is 11.2 Å². The summed E-state index contributed by atoms with van der Waals surface area (Å²) in [5.74, 6) is 0.0951. The number of primary amides is 1. The summed E-state index contributed by atoms with van der Waals surface area (Å²) in [6, 6.07) is 11.1. The van der Waals surface area contributed by atoms with Crippen molar-refractivity contribution in [2.75, 3.05) is 5.32 Å². The molecule has 0 spiro atoms. The Bertz CT molecular complexity index is 1650. The number of nitrogens with zero attached hydrogens (tertiary/aromatic N) is 9. The Morgan fingerprint density at radius 1 is 1.05 bits per heavy atom. The Balaban J connectivity index is 1.16. The van der Waals surface area contributed by atoms with Gasteiger partial charge in [0.05, 0.1) is 31.2 Å². The van der Waals surface area contributed by atoms with Gasteiger partial charge in [-0.25, -0.2) is 9.67 Å². The number of carbonyl (C=O) groups excluding carboxylic acids is 1. The van der Waals surface area contributed by atoms with E-state index in [1.54, 1.807) is 34.0 Å². The minimum absolute atomic E-state index is 0.0967. The van der Waals surface area contributed by atoms with E-state index < -0.39 is 0 Å². The molecule has 1 aromatic carbocycles. The highest BCUT2D eigenvalue weighted by molar-refractivity contribution is 5.77. The topological polar surface area (TPSA) is 164 Å². The molecule has 4 aromatic heterocycles. The van der Waals surface area contributed by atoms with Crippen molar-refractivity contribution in [2.24, 2.45) is 11.7 Å². The Hall–Kier alpha value is -4.94. The maximum absolute atomic E-state index is 11.8. The van der Waals surface area contributed by atoms with E-state index in [0.29, 0.717) is 36.6 Å². The zero-order valence-electron chi connectivity index (χ0n) is 20.4. The number of aromatic nitrogens is 9. The molecule has 4 heterocycles. The zero-order chi connectivity index (χ0) is 26.1. The number of nitrogens with one attached hydrogen (secondary N) is 1. The van der Waals surface area contributed by atoms with Gasteiger partial charge in [-0.15, -0.1) is 5.10 Å². The second-order valence-corrected chi connectivity index (χ2v) is 9.28. The van der Waals surface area contributed by atoms with Gasteiger partial charge in [-0.2, -0.15) is 19.9 Å². The maximum atomic E-state index is 11.8. The van der Waals surface area contributed by atoms with E-state index >= 15 is 0 Å². The Morgan fingerprint density at radius 2 is 1.92 bits per heavy atom. The summed E-state index contributed by atoms with van der Waals surface area (Å²) < 4.78 is 4.87. The van der Waals surface area contributed by atoms with Crippen molar-refractivity contribution < 1.29 is 4.79 Å². The summed E-state index contributed by atoms with van der Waals surface area (Å²) >= 11 is 0. The molecule has 1 amide bonds. The molecule has 0 bridgehead atoms. The molecule has 13 heteroatoms. The highest BCUT2D eigenvalue weighted by atomic mass is 16.1. The number of aryl methyl sites for hydroxylation is 2. The van der Waals surface area contributed by atoms with E-state index in [1.165, 1.54) is 10.7 Å². The Kier molecular flexibility index (Phi) is 6.08. The van der Waals surface area contributed by atoms with Crippen LogP contribution < -0.4 is 16.6 Å². The minimum atomic E-state index is -0.259. The van der Waals surface area contributed by atoms with Gasteiger partial charge in [0.2, 0.25) is 11.9 Å². The van der Waals surface area contributed by atoms with Crippen LogP contribution in [0.4, 0.5) is 5.95 Å². The van der Waals surface area contributed by atoms with Gasteiger partial charge in [0.1, 0.15) is 0 Å². The molecule has 38 heavy (non-hydrogen) atoms. The quantitative estimate of drug-likeness (QED) is 0.313. The molecule has 0 saturated heterocycles. The molecule has 0 aliphatic heterocycles. The Labute approximate surface area is 216 Å². The van der Waals surface area contributed by atoms with Gasteiger partial charge in [0.25, 0.3) is 5.56 Å². The van der Waals surface area contributed by atoms with Crippen LogP contribution in [0.1, 0.15) is 19.3 Å². The van der Waals surface area contributed by atoms with Crippen molar-refractivity contribution in [2.45, 2.75) is 38.4 Å². The van der Waals surface area contributed by atoms with Crippen LogP contribution in [-0.4, -0.2) is 56.5 Å². The van der Waals surface area contributed by atoms with Crippen LogP contribution in [0, 0.1) is 5.92 Å². The van der Waals surface area contributed by atoms with E-state index in [1.807, 2.05) is 30.5 Å². The van der Waals surface area contributed by atoms with Crippen molar-refractivity contribution in [1.82, 2.24) is 44.5 Å². The smallest absolute Gasteiger partial charge is 0.266 e. The number of nitrogens with two attached hydrogens (primary N) is 1. The van der Waals surface area contributed by atoms with E-state index in [2.05, 4.69) is 35.8 Å². The molecular formula is C25H25N11O2. The summed E-state index contributed by atoms with van der Waals surface area (Å²) in [5, 5.41) is 20.3. The lowest BCUT2D eigenvalue weighted by Gasteiger charge is -2.12. The van der Waals surface area contributed by atoms with Gasteiger partial charge >= 0.3 is 0 Å². The van der Waals surface area contributed by atoms with Gasteiger partial charge < -0.3 is 11.1 Å². The Morgan fingerprint density at radius 3 is 2.71 bits per heavy atom. The molecule has 3 N–H and O–H groups in total. The molecular weight excluding hydrogens is 486 g/mol. The number of rotatable bonds is 8. The molecule has 6 rings (SSSR count). The van der Waals surface area contributed by atoms with Crippen LogP contribution in [-0.2, 0) is 17.9 Å². The standard InChI is InChI=1S/C25H25N11O2/c26-23(38)17-3-6-19(12-17)30-25-27-14-21-24(31-25)36(33-32-21)20-7-4-16(5-8-20)18-13-29-34(15-18)10-11-35-22(37)2-1-9-28-35/h1-2,4-5,7-9,13-15,17,19H,3,6,10-12H2,(H2,26,38)(H,27,30,31). The lowest BCUT2D eigenvalue weighted by Crippen LogP contribution is -2.23. The number of carbonyl (C=O) groups is 1. The van der Waals surface area contributed by atoms with Crippen molar-refractivity contribution in [1.29, 1.82) is 0 Å². The minimum Gasteiger partial charge on any atom is -0.369 e. The van der Waals surface area contributed by atoms with Crippen LogP contribution in [0.25, 0.3) is 28.0 Å². The van der Waals surface area contributed by atoms with Crippen molar-refractivity contribution in [3.05, 3.63) is 71.5 Å².